The van der Waals surface area contributed by atoms with Gasteiger partial charge in [-0.3, -0.25) is 9.78 Å². The lowest BCUT2D eigenvalue weighted by Crippen LogP contribution is -2.25. The molecule has 0 aliphatic carbocycles. The topological polar surface area (TPSA) is 88.4 Å². The molecule has 0 radical (unpaired) electrons. The SMILES string of the molecule is O=C(c1ccccc1)N1Cc2ccc(Oc3nc(O)c4ccncc4n3)cc2C1. The third-order valence-corrected chi connectivity index (χ3v) is 4.88. The van der Waals surface area contributed by atoms with E-state index in [0.29, 0.717) is 35.3 Å². The molecule has 1 amide bonds. The predicted molar refractivity (Wildman–Crippen MR) is 106 cm³/mol. The molecule has 2 aromatic heterocycles. The zero-order chi connectivity index (χ0) is 19.8. The average Bonchev–Trinajstić information content (AvgIpc) is 3.17. The normalized spacial score (nSPS) is 12.8. The van der Waals surface area contributed by atoms with Crippen LogP contribution < -0.4 is 4.74 Å². The van der Waals surface area contributed by atoms with Crippen LogP contribution >= 0.6 is 0 Å². The highest BCUT2D eigenvalue weighted by atomic mass is 16.5. The number of fused-ring (bicyclic) bond motifs is 2. The lowest BCUT2D eigenvalue weighted by atomic mass is 10.1. The molecule has 0 saturated carbocycles. The summed E-state index contributed by atoms with van der Waals surface area (Å²) in [5.41, 5.74) is 3.26. The minimum atomic E-state index is -0.159. The first-order valence-electron chi connectivity index (χ1n) is 9.12. The molecule has 0 atom stereocenters. The first-order chi connectivity index (χ1) is 14.2. The number of amides is 1. The number of carbonyl (C=O) groups is 1. The van der Waals surface area contributed by atoms with E-state index < -0.39 is 0 Å². The lowest BCUT2D eigenvalue weighted by Gasteiger charge is -2.15. The number of benzene rings is 2. The van der Waals surface area contributed by atoms with Crippen molar-refractivity contribution in [2.75, 3.05) is 0 Å². The molecule has 4 aromatic rings. The van der Waals surface area contributed by atoms with Crippen molar-refractivity contribution >= 4 is 16.8 Å². The van der Waals surface area contributed by atoms with Crippen molar-refractivity contribution in [3.05, 3.63) is 83.7 Å². The molecule has 7 nitrogen and oxygen atoms in total. The van der Waals surface area contributed by atoms with Gasteiger partial charge in [-0.05, 0) is 41.5 Å². The van der Waals surface area contributed by atoms with Gasteiger partial charge < -0.3 is 14.7 Å². The van der Waals surface area contributed by atoms with Gasteiger partial charge in [0.05, 0.1) is 17.1 Å². The number of rotatable bonds is 3. The molecule has 2 aromatic carbocycles. The van der Waals surface area contributed by atoms with Crippen molar-refractivity contribution in [3.8, 4) is 17.6 Å². The van der Waals surface area contributed by atoms with Crippen LogP contribution in [0.3, 0.4) is 0 Å². The Hall–Kier alpha value is -4.00. The smallest absolute Gasteiger partial charge is 0.325 e. The van der Waals surface area contributed by atoms with Gasteiger partial charge in [0.15, 0.2) is 0 Å². The van der Waals surface area contributed by atoms with E-state index in [2.05, 4.69) is 15.0 Å². The van der Waals surface area contributed by atoms with E-state index >= 15 is 0 Å². The van der Waals surface area contributed by atoms with E-state index in [1.54, 1.807) is 23.4 Å². The summed E-state index contributed by atoms with van der Waals surface area (Å²) in [6.07, 6.45) is 3.11. The molecule has 7 heteroatoms. The maximum atomic E-state index is 12.7. The van der Waals surface area contributed by atoms with Gasteiger partial charge in [-0.25, -0.2) is 0 Å². The summed E-state index contributed by atoms with van der Waals surface area (Å²) in [5.74, 6) is 0.383. The second kappa shape index (κ2) is 6.87. The molecule has 1 N–H and O–H groups in total. The van der Waals surface area contributed by atoms with E-state index in [9.17, 15) is 9.90 Å². The highest BCUT2D eigenvalue weighted by Crippen LogP contribution is 2.30. The number of hydrogen-bond donors (Lipinski definition) is 1. The van der Waals surface area contributed by atoms with E-state index in [-0.39, 0.29) is 17.8 Å². The monoisotopic (exact) mass is 384 g/mol. The number of nitrogens with zero attached hydrogens (tertiary/aromatic N) is 4. The molecule has 0 fully saturated rings. The van der Waals surface area contributed by atoms with Gasteiger partial charge >= 0.3 is 6.01 Å². The molecule has 1 aliphatic rings. The lowest BCUT2D eigenvalue weighted by molar-refractivity contribution is 0.0751. The maximum absolute atomic E-state index is 12.7. The summed E-state index contributed by atoms with van der Waals surface area (Å²) in [7, 11) is 0. The molecule has 3 heterocycles. The van der Waals surface area contributed by atoms with Crippen molar-refractivity contribution in [1.82, 2.24) is 19.9 Å². The Bertz CT molecular complexity index is 1230. The summed E-state index contributed by atoms with van der Waals surface area (Å²) >= 11 is 0. The van der Waals surface area contributed by atoms with Crippen LogP contribution in [0.2, 0.25) is 0 Å². The third kappa shape index (κ3) is 3.23. The summed E-state index contributed by atoms with van der Waals surface area (Å²) < 4.78 is 5.76. The Kier molecular flexibility index (Phi) is 4.05. The quantitative estimate of drug-likeness (QED) is 0.580. The summed E-state index contributed by atoms with van der Waals surface area (Å²) in [6.45, 7) is 1.07. The first-order valence-corrected chi connectivity index (χ1v) is 9.12. The van der Waals surface area contributed by atoms with Crippen LogP contribution in [0, 0.1) is 0 Å². The van der Waals surface area contributed by atoms with Crippen LogP contribution in [-0.2, 0) is 13.1 Å². The molecular weight excluding hydrogens is 368 g/mol. The second-order valence-corrected chi connectivity index (χ2v) is 6.78. The van der Waals surface area contributed by atoms with Crippen LogP contribution in [0.1, 0.15) is 21.5 Å². The zero-order valence-corrected chi connectivity index (χ0v) is 15.3. The predicted octanol–water partition coefficient (Wildman–Crippen LogP) is 3.68. The number of aromatic nitrogens is 3. The van der Waals surface area contributed by atoms with Gasteiger partial charge in [-0.15, -0.1) is 0 Å². The Labute approximate surface area is 166 Å². The number of hydrogen-bond acceptors (Lipinski definition) is 6. The van der Waals surface area contributed by atoms with Gasteiger partial charge in [0.2, 0.25) is 5.88 Å². The number of pyridine rings is 1. The molecule has 29 heavy (non-hydrogen) atoms. The van der Waals surface area contributed by atoms with Crippen LogP contribution in [0.4, 0.5) is 0 Å². The molecule has 0 saturated heterocycles. The van der Waals surface area contributed by atoms with Gasteiger partial charge in [0.25, 0.3) is 5.91 Å². The van der Waals surface area contributed by atoms with Crippen molar-refractivity contribution in [2.45, 2.75) is 13.1 Å². The highest BCUT2D eigenvalue weighted by molar-refractivity contribution is 5.94. The molecule has 5 rings (SSSR count). The van der Waals surface area contributed by atoms with Crippen molar-refractivity contribution in [2.24, 2.45) is 0 Å². The molecule has 142 valence electrons. The molecule has 1 aliphatic heterocycles. The summed E-state index contributed by atoms with van der Waals surface area (Å²) in [5, 5.41) is 10.6. The van der Waals surface area contributed by atoms with E-state index in [1.807, 2.05) is 48.5 Å². The third-order valence-electron chi connectivity index (χ3n) is 4.88. The minimum absolute atomic E-state index is 0.000414. The standard InChI is InChI=1S/C22H16N4O3/c27-20-18-8-9-23-11-19(18)24-22(25-20)29-17-7-6-15-12-26(13-16(15)10-17)21(28)14-4-2-1-3-5-14/h1-11H,12-13H2,(H,24,25,27). The van der Waals surface area contributed by atoms with Gasteiger partial charge in [-0.2, -0.15) is 9.97 Å². The van der Waals surface area contributed by atoms with Crippen molar-refractivity contribution in [1.29, 1.82) is 0 Å². The Morgan fingerprint density at radius 1 is 1.00 bits per heavy atom. The fourth-order valence-corrected chi connectivity index (χ4v) is 3.44. The zero-order valence-electron chi connectivity index (χ0n) is 15.3. The van der Waals surface area contributed by atoms with Crippen LogP contribution in [0.25, 0.3) is 10.9 Å². The maximum Gasteiger partial charge on any atom is 0.325 e. The van der Waals surface area contributed by atoms with E-state index in [4.69, 9.17) is 4.74 Å². The van der Waals surface area contributed by atoms with Crippen molar-refractivity contribution < 1.29 is 14.6 Å². The largest absolute Gasteiger partial charge is 0.493 e. The highest BCUT2D eigenvalue weighted by Gasteiger charge is 2.24. The van der Waals surface area contributed by atoms with Gasteiger partial charge in [0, 0.05) is 24.8 Å². The number of ether oxygens (including phenoxy) is 1. The van der Waals surface area contributed by atoms with Crippen LogP contribution in [0.15, 0.2) is 67.0 Å². The second-order valence-electron chi connectivity index (χ2n) is 6.78. The molecule has 0 bridgehead atoms. The number of aromatic hydroxyl groups is 1. The molecule has 0 spiro atoms. The fourth-order valence-electron chi connectivity index (χ4n) is 3.44. The van der Waals surface area contributed by atoms with Gasteiger partial charge in [0.1, 0.15) is 5.75 Å². The Morgan fingerprint density at radius 3 is 2.69 bits per heavy atom. The van der Waals surface area contributed by atoms with Crippen LogP contribution in [0.5, 0.6) is 17.6 Å². The molecular formula is C22H16N4O3. The Balaban J connectivity index is 1.37. The summed E-state index contributed by atoms with van der Waals surface area (Å²) in [4.78, 5) is 26.8. The fraction of sp³-hybridized carbons (Fsp3) is 0.0909. The summed E-state index contributed by atoms with van der Waals surface area (Å²) in [6, 6.07) is 16.5. The van der Waals surface area contributed by atoms with Crippen LogP contribution in [-0.4, -0.2) is 30.9 Å². The van der Waals surface area contributed by atoms with E-state index in [1.165, 1.54) is 0 Å². The molecule has 0 unspecified atom stereocenters. The van der Waals surface area contributed by atoms with Gasteiger partial charge in [-0.1, -0.05) is 24.3 Å². The Morgan fingerprint density at radius 2 is 1.83 bits per heavy atom. The first kappa shape index (κ1) is 17.1. The van der Waals surface area contributed by atoms with E-state index in [0.717, 1.165) is 11.1 Å². The average molecular weight is 384 g/mol. The minimum Gasteiger partial charge on any atom is -0.493 e. The van der Waals surface area contributed by atoms with Crippen molar-refractivity contribution in [3.63, 3.8) is 0 Å². The number of carbonyl (C=O) groups excluding carboxylic acids is 1.